The zero-order valence-corrected chi connectivity index (χ0v) is 9.53. The van der Waals surface area contributed by atoms with E-state index in [0.29, 0.717) is 13.0 Å². The third kappa shape index (κ3) is 2.29. The lowest BCUT2D eigenvalue weighted by Crippen LogP contribution is -2.51. The molecule has 2 N–H and O–H groups in total. The van der Waals surface area contributed by atoms with Crippen LogP contribution in [0.1, 0.15) is 12.5 Å². The Labute approximate surface area is 99.2 Å². The van der Waals surface area contributed by atoms with Gasteiger partial charge in [0.05, 0.1) is 0 Å². The maximum Gasteiger partial charge on any atom is 0.324 e. The Hall–Kier alpha value is -1.88. The molecule has 1 unspecified atom stereocenters. The average molecular weight is 234 g/mol. The van der Waals surface area contributed by atoms with E-state index in [0.717, 1.165) is 5.56 Å². The van der Waals surface area contributed by atoms with Crippen LogP contribution < -0.4 is 10.6 Å². The lowest BCUT2D eigenvalue weighted by Gasteiger charge is -2.25. The van der Waals surface area contributed by atoms with Crippen LogP contribution in [0.25, 0.3) is 0 Å². The fraction of sp³-hybridized carbons (Fsp3) is 0.333. The standard InChI is InChI=1S/C12H14N2O3/c1-2-17-12(10(15)13-11(16)14-12)8-9-6-4-3-5-7-9/h3-7H,2,8H2,1H3,(H2,13,14,15,16). The van der Waals surface area contributed by atoms with Gasteiger partial charge in [-0.1, -0.05) is 30.3 Å². The highest BCUT2D eigenvalue weighted by molar-refractivity contribution is 6.06. The smallest absolute Gasteiger partial charge is 0.324 e. The lowest BCUT2D eigenvalue weighted by molar-refractivity contribution is -0.144. The van der Waals surface area contributed by atoms with E-state index in [1.807, 2.05) is 30.3 Å². The van der Waals surface area contributed by atoms with E-state index >= 15 is 0 Å². The molecule has 90 valence electrons. The Balaban J connectivity index is 2.24. The van der Waals surface area contributed by atoms with Crippen LogP contribution >= 0.6 is 0 Å². The molecule has 1 aromatic carbocycles. The van der Waals surface area contributed by atoms with Crippen molar-refractivity contribution < 1.29 is 14.3 Å². The number of carbonyl (C=O) groups is 2. The minimum absolute atomic E-state index is 0.319. The van der Waals surface area contributed by atoms with Gasteiger partial charge in [0.2, 0.25) is 5.72 Å². The number of ether oxygens (including phenoxy) is 1. The van der Waals surface area contributed by atoms with Crippen molar-refractivity contribution in [3.05, 3.63) is 35.9 Å². The summed E-state index contributed by atoms with van der Waals surface area (Å²) in [6.45, 7) is 2.13. The number of carbonyl (C=O) groups excluding carboxylic acids is 2. The molecule has 3 amide bonds. The largest absolute Gasteiger partial charge is 0.347 e. The molecule has 1 aromatic rings. The van der Waals surface area contributed by atoms with Gasteiger partial charge in [0.1, 0.15) is 0 Å². The van der Waals surface area contributed by atoms with Gasteiger partial charge in [0.15, 0.2) is 0 Å². The Bertz CT molecular complexity index is 433. The Morgan fingerprint density at radius 1 is 1.24 bits per heavy atom. The Kier molecular flexibility index (Phi) is 3.10. The van der Waals surface area contributed by atoms with Crippen molar-refractivity contribution in [3.63, 3.8) is 0 Å². The van der Waals surface area contributed by atoms with Gasteiger partial charge in [-0.2, -0.15) is 0 Å². The van der Waals surface area contributed by atoms with Gasteiger partial charge >= 0.3 is 6.03 Å². The molecular weight excluding hydrogens is 220 g/mol. The van der Waals surface area contributed by atoms with Crippen molar-refractivity contribution in [2.24, 2.45) is 0 Å². The highest BCUT2D eigenvalue weighted by Crippen LogP contribution is 2.19. The normalized spacial score (nSPS) is 23.4. The number of rotatable bonds is 4. The molecule has 2 rings (SSSR count). The molecule has 5 nitrogen and oxygen atoms in total. The van der Waals surface area contributed by atoms with Gasteiger partial charge in [-0.25, -0.2) is 4.79 Å². The van der Waals surface area contributed by atoms with E-state index in [-0.39, 0.29) is 0 Å². The molecule has 17 heavy (non-hydrogen) atoms. The number of amides is 3. The zero-order valence-electron chi connectivity index (χ0n) is 9.53. The van der Waals surface area contributed by atoms with Crippen LogP contribution in [-0.2, 0) is 16.0 Å². The predicted molar refractivity (Wildman–Crippen MR) is 61.2 cm³/mol. The van der Waals surface area contributed by atoms with Crippen molar-refractivity contribution in [2.75, 3.05) is 6.61 Å². The predicted octanol–water partition coefficient (Wildman–Crippen LogP) is 0.801. The summed E-state index contributed by atoms with van der Waals surface area (Å²) >= 11 is 0. The van der Waals surface area contributed by atoms with E-state index < -0.39 is 17.7 Å². The van der Waals surface area contributed by atoms with Gasteiger partial charge in [0.25, 0.3) is 5.91 Å². The van der Waals surface area contributed by atoms with Crippen LogP contribution in [0.4, 0.5) is 4.79 Å². The molecular formula is C12H14N2O3. The summed E-state index contributed by atoms with van der Waals surface area (Å²) in [5.41, 5.74) is -0.342. The molecule has 1 saturated heterocycles. The van der Waals surface area contributed by atoms with E-state index in [9.17, 15) is 9.59 Å². The van der Waals surface area contributed by atoms with Crippen molar-refractivity contribution in [3.8, 4) is 0 Å². The third-order valence-corrected chi connectivity index (χ3v) is 2.60. The van der Waals surface area contributed by atoms with Crippen LogP contribution in [0.5, 0.6) is 0 Å². The quantitative estimate of drug-likeness (QED) is 0.757. The molecule has 5 heteroatoms. The van der Waals surface area contributed by atoms with Gasteiger partial charge in [0, 0.05) is 13.0 Å². The molecule has 0 spiro atoms. The van der Waals surface area contributed by atoms with Gasteiger partial charge < -0.3 is 10.1 Å². The number of imide groups is 1. The number of benzene rings is 1. The van der Waals surface area contributed by atoms with Crippen molar-refractivity contribution in [1.29, 1.82) is 0 Å². The zero-order chi connectivity index (χ0) is 12.3. The van der Waals surface area contributed by atoms with E-state index in [4.69, 9.17) is 4.74 Å². The molecule has 0 bridgehead atoms. The van der Waals surface area contributed by atoms with E-state index in [1.165, 1.54) is 0 Å². The highest BCUT2D eigenvalue weighted by atomic mass is 16.5. The summed E-state index contributed by atoms with van der Waals surface area (Å²) in [5.74, 6) is -0.437. The maximum absolute atomic E-state index is 11.8. The molecule has 1 heterocycles. The summed E-state index contributed by atoms with van der Waals surface area (Å²) in [5, 5.41) is 4.74. The lowest BCUT2D eigenvalue weighted by atomic mass is 10.0. The fourth-order valence-corrected chi connectivity index (χ4v) is 1.88. The maximum atomic E-state index is 11.8. The van der Waals surface area contributed by atoms with Crippen LogP contribution in [-0.4, -0.2) is 24.3 Å². The Morgan fingerprint density at radius 2 is 1.94 bits per heavy atom. The SMILES string of the molecule is CCOC1(Cc2ccccc2)NC(=O)NC1=O. The molecule has 0 aromatic heterocycles. The van der Waals surface area contributed by atoms with Gasteiger partial charge in [-0.15, -0.1) is 0 Å². The van der Waals surface area contributed by atoms with Crippen molar-refractivity contribution in [2.45, 2.75) is 19.1 Å². The van der Waals surface area contributed by atoms with Gasteiger partial charge in [-0.3, -0.25) is 10.1 Å². The second-order valence-corrected chi connectivity index (χ2v) is 3.83. The van der Waals surface area contributed by atoms with E-state index in [2.05, 4.69) is 10.6 Å². The molecule has 1 aliphatic rings. The van der Waals surface area contributed by atoms with Crippen molar-refractivity contribution in [1.82, 2.24) is 10.6 Å². The van der Waals surface area contributed by atoms with Crippen LogP contribution in [0.2, 0.25) is 0 Å². The molecule has 0 aliphatic carbocycles. The Morgan fingerprint density at radius 3 is 2.47 bits per heavy atom. The summed E-state index contributed by atoms with van der Waals surface area (Å²) in [6, 6.07) is 8.91. The monoisotopic (exact) mass is 234 g/mol. The minimum atomic E-state index is -1.27. The first kappa shape index (κ1) is 11.6. The highest BCUT2D eigenvalue weighted by Gasteiger charge is 2.47. The summed E-state index contributed by atoms with van der Waals surface area (Å²) in [4.78, 5) is 23.0. The van der Waals surface area contributed by atoms with Crippen molar-refractivity contribution >= 4 is 11.9 Å². The molecule has 1 fully saturated rings. The second kappa shape index (κ2) is 4.55. The van der Waals surface area contributed by atoms with Crippen LogP contribution in [0, 0.1) is 0 Å². The third-order valence-electron chi connectivity index (χ3n) is 2.60. The molecule has 0 saturated carbocycles. The summed E-state index contributed by atoms with van der Waals surface area (Å²) in [6.07, 6.45) is 0.319. The summed E-state index contributed by atoms with van der Waals surface area (Å²) < 4.78 is 5.43. The van der Waals surface area contributed by atoms with Crippen LogP contribution in [0.3, 0.4) is 0 Å². The second-order valence-electron chi connectivity index (χ2n) is 3.83. The molecule has 1 atom stereocenters. The number of nitrogens with one attached hydrogen (secondary N) is 2. The first-order valence-corrected chi connectivity index (χ1v) is 5.48. The minimum Gasteiger partial charge on any atom is -0.347 e. The molecule has 1 aliphatic heterocycles. The number of urea groups is 1. The van der Waals surface area contributed by atoms with Crippen LogP contribution in [0.15, 0.2) is 30.3 Å². The molecule has 0 radical (unpaired) electrons. The van der Waals surface area contributed by atoms with Gasteiger partial charge in [-0.05, 0) is 12.5 Å². The number of hydrogen-bond donors (Lipinski definition) is 2. The first-order valence-electron chi connectivity index (χ1n) is 5.48. The van der Waals surface area contributed by atoms with E-state index in [1.54, 1.807) is 6.92 Å². The average Bonchev–Trinajstić information content (AvgIpc) is 2.55. The number of hydrogen-bond acceptors (Lipinski definition) is 3. The topological polar surface area (TPSA) is 67.4 Å². The first-order chi connectivity index (χ1) is 8.16. The summed E-state index contributed by atoms with van der Waals surface area (Å²) in [7, 11) is 0. The fourth-order valence-electron chi connectivity index (χ4n) is 1.88.